The number of benzene rings is 1. The summed E-state index contributed by atoms with van der Waals surface area (Å²) in [5.41, 5.74) is 3.47. The number of nitrogens with one attached hydrogen (secondary N) is 2. The Balaban J connectivity index is 1.33. The van der Waals surface area contributed by atoms with Crippen molar-refractivity contribution in [3.63, 3.8) is 0 Å². The first-order valence-corrected chi connectivity index (χ1v) is 9.24. The van der Waals surface area contributed by atoms with Gasteiger partial charge in [0.05, 0.1) is 36.2 Å². The van der Waals surface area contributed by atoms with Gasteiger partial charge in [0.25, 0.3) is 5.91 Å². The van der Waals surface area contributed by atoms with Gasteiger partial charge >= 0.3 is 0 Å². The van der Waals surface area contributed by atoms with Crippen molar-refractivity contribution < 1.29 is 9.59 Å². The van der Waals surface area contributed by atoms with Gasteiger partial charge < -0.3 is 10.6 Å². The number of carbonyl (C=O) groups is 2. The Morgan fingerprint density at radius 1 is 1.18 bits per heavy atom. The van der Waals surface area contributed by atoms with E-state index in [4.69, 9.17) is 0 Å². The van der Waals surface area contributed by atoms with Gasteiger partial charge in [0.15, 0.2) is 0 Å². The Kier molecular flexibility index (Phi) is 4.92. The maximum Gasteiger partial charge on any atom is 0.255 e. The Labute approximate surface area is 162 Å². The standard InChI is InChI=1S/C20H22N6O2/c1-14-8-22-25(11-14)13-19(27)24-16-7-18-17(10-23-26(18)12-16)20(28)21-9-15-5-3-2-4-6-15/h2-6,8,10-11,16H,7,9,12-13H2,1H3,(H,21,28)(H,24,27)/t16-/m0/s1. The summed E-state index contributed by atoms with van der Waals surface area (Å²) >= 11 is 0. The molecule has 3 heterocycles. The molecule has 4 rings (SSSR count). The number of nitrogens with zero attached hydrogens (tertiary/aromatic N) is 4. The van der Waals surface area contributed by atoms with E-state index >= 15 is 0 Å². The van der Waals surface area contributed by atoms with Crippen LogP contribution in [0.5, 0.6) is 0 Å². The molecule has 1 aliphatic heterocycles. The maximum absolute atomic E-state index is 12.5. The zero-order valence-electron chi connectivity index (χ0n) is 15.6. The van der Waals surface area contributed by atoms with Crippen LogP contribution >= 0.6 is 0 Å². The molecule has 1 aromatic carbocycles. The predicted octanol–water partition coefficient (Wildman–Crippen LogP) is 1.06. The molecule has 0 spiro atoms. The summed E-state index contributed by atoms with van der Waals surface area (Å²) in [6, 6.07) is 9.69. The third-order valence-electron chi connectivity index (χ3n) is 4.76. The zero-order valence-corrected chi connectivity index (χ0v) is 15.6. The second kappa shape index (κ2) is 7.67. The number of rotatable bonds is 6. The van der Waals surface area contributed by atoms with Gasteiger partial charge in [-0.05, 0) is 18.1 Å². The maximum atomic E-state index is 12.5. The van der Waals surface area contributed by atoms with Crippen molar-refractivity contribution in [2.75, 3.05) is 0 Å². The van der Waals surface area contributed by atoms with Crippen LogP contribution in [0.4, 0.5) is 0 Å². The third kappa shape index (κ3) is 3.95. The molecular formula is C20H22N6O2. The first-order chi connectivity index (χ1) is 13.6. The number of carbonyl (C=O) groups excluding carboxylic acids is 2. The van der Waals surface area contributed by atoms with E-state index in [2.05, 4.69) is 20.8 Å². The summed E-state index contributed by atoms with van der Waals surface area (Å²) in [6.45, 7) is 3.14. The SMILES string of the molecule is Cc1cnn(CC(=O)N[C@H]2Cc3c(C(=O)NCc4ccccc4)cnn3C2)c1. The Bertz CT molecular complexity index is 991. The van der Waals surface area contributed by atoms with Crippen LogP contribution in [0, 0.1) is 6.92 Å². The molecule has 0 radical (unpaired) electrons. The molecule has 1 atom stereocenters. The molecule has 3 aromatic rings. The second-order valence-electron chi connectivity index (χ2n) is 7.04. The van der Waals surface area contributed by atoms with Crippen LogP contribution in [0.1, 0.15) is 27.2 Å². The average molecular weight is 378 g/mol. The Morgan fingerprint density at radius 3 is 2.75 bits per heavy atom. The molecular weight excluding hydrogens is 356 g/mol. The monoisotopic (exact) mass is 378 g/mol. The van der Waals surface area contributed by atoms with Gasteiger partial charge in [0.1, 0.15) is 6.54 Å². The van der Waals surface area contributed by atoms with Gasteiger partial charge in [0.2, 0.25) is 5.91 Å². The van der Waals surface area contributed by atoms with E-state index in [0.29, 0.717) is 25.1 Å². The summed E-state index contributed by atoms with van der Waals surface area (Å²) in [5.74, 6) is -0.252. The second-order valence-corrected chi connectivity index (χ2v) is 7.04. The number of fused-ring (bicyclic) bond motifs is 1. The van der Waals surface area contributed by atoms with Crippen LogP contribution in [-0.2, 0) is 30.8 Å². The first-order valence-electron chi connectivity index (χ1n) is 9.24. The van der Waals surface area contributed by atoms with Crippen molar-refractivity contribution in [1.29, 1.82) is 0 Å². The number of hydrogen-bond acceptors (Lipinski definition) is 4. The highest BCUT2D eigenvalue weighted by atomic mass is 16.2. The quantitative estimate of drug-likeness (QED) is 0.671. The van der Waals surface area contributed by atoms with E-state index in [1.165, 1.54) is 0 Å². The highest BCUT2D eigenvalue weighted by molar-refractivity contribution is 5.95. The molecule has 1 aliphatic rings. The highest BCUT2D eigenvalue weighted by Crippen LogP contribution is 2.19. The fraction of sp³-hybridized carbons (Fsp3) is 0.300. The lowest BCUT2D eigenvalue weighted by molar-refractivity contribution is -0.122. The van der Waals surface area contributed by atoms with E-state index in [9.17, 15) is 9.59 Å². The summed E-state index contributed by atoms with van der Waals surface area (Å²) < 4.78 is 3.40. The van der Waals surface area contributed by atoms with E-state index < -0.39 is 0 Å². The summed E-state index contributed by atoms with van der Waals surface area (Å²) in [5, 5.41) is 14.4. The largest absolute Gasteiger partial charge is 0.349 e. The lowest BCUT2D eigenvalue weighted by Gasteiger charge is -2.12. The molecule has 0 saturated carbocycles. The lowest BCUT2D eigenvalue weighted by Crippen LogP contribution is -2.38. The molecule has 0 fully saturated rings. The third-order valence-corrected chi connectivity index (χ3v) is 4.76. The van der Waals surface area contributed by atoms with Crippen LogP contribution in [0.2, 0.25) is 0 Å². The van der Waals surface area contributed by atoms with Crippen LogP contribution < -0.4 is 10.6 Å². The fourth-order valence-corrected chi connectivity index (χ4v) is 3.42. The minimum atomic E-state index is -0.149. The van der Waals surface area contributed by atoms with Crippen LogP contribution in [-0.4, -0.2) is 37.4 Å². The average Bonchev–Trinajstić information content (AvgIpc) is 3.36. The van der Waals surface area contributed by atoms with E-state index in [-0.39, 0.29) is 24.4 Å². The van der Waals surface area contributed by atoms with Gasteiger partial charge in [-0.25, -0.2) is 0 Å². The number of hydrogen-bond donors (Lipinski definition) is 2. The first kappa shape index (κ1) is 18.0. The molecule has 144 valence electrons. The van der Waals surface area contributed by atoms with Crippen molar-refractivity contribution in [2.24, 2.45) is 0 Å². The van der Waals surface area contributed by atoms with Crippen LogP contribution in [0.15, 0.2) is 48.9 Å². The molecule has 0 aliphatic carbocycles. The highest BCUT2D eigenvalue weighted by Gasteiger charge is 2.28. The Hall–Kier alpha value is -3.42. The van der Waals surface area contributed by atoms with Crippen molar-refractivity contribution >= 4 is 11.8 Å². The van der Waals surface area contributed by atoms with Crippen molar-refractivity contribution in [3.8, 4) is 0 Å². The van der Waals surface area contributed by atoms with Gasteiger partial charge in [-0.3, -0.25) is 19.0 Å². The van der Waals surface area contributed by atoms with Gasteiger partial charge in [-0.2, -0.15) is 10.2 Å². The molecule has 8 nitrogen and oxygen atoms in total. The van der Waals surface area contributed by atoms with Crippen LogP contribution in [0.25, 0.3) is 0 Å². The number of aromatic nitrogens is 4. The molecule has 0 saturated heterocycles. The van der Waals surface area contributed by atoms with Gasteiger partial charge in [-0.1, -0.05) is 30.3 Å². The molecule has 2 amide bonds. The van der Waals surface area contributed by atoms with Crippen LogP contribution in [0.3, 0.4) is 0 Å². The number of amides is 2. The van der Waals surface area contributed by atoms with E-state index in [0.717, 1.165) is 16.8 Å². The van der Waals surface area contributed by atoms with E-state index in [1.807, 2.05) is 43.5 Å². The van der Waals surface area contributed by atoms with Crippen molar-refractivity contribution in [2.45, 2.75) is 39.0 Å². The molecule has 8 heteroatoms. The van der Waals surface area contributed by atoms with Gasteiger partial charge in [0, 0.05) is 19.2 Å². The minimum absolute atomic E-state index is 0.0754. The normalized spacial score (nSPS) is 15.2. The zero-order chi connectivity index (χ0) is 19.5. The molecule has 2 aromatic heterocycles. The van der Waals surface area contributed by atoms with Crippen molar-refractivity contribution in [1.82, 2.24) is 30.2 Å². The van der Waals surface area contributed by atoms with Gasteiger partial charge in [-0.15, -0.1) is 0 Å². The number of aryl methyl sites for hydroxylation is 1. The topological polar surface area (TPSA) is 93.8 Å². The molecule has 0 unspecified atom stereocenters. The smallest absolute Gasteiger partial charge is 0.255 e. The predicted molar refractivity (Wildman–Crippen MR) is 102 cm³/mol. The molecule has 28 heavy (non-hydrogen) atoms. The summed E-state index contributed by atoms with van der Waals surface area (Å²) in [6.07, 6.45) is 5.73. The lowest BCUT2D eigenvalue weighted by atomic mass is 10.1. The summed E-state index contributed by atoms with van der Waals surface area (Å²) in [7, 11) is 0. The van der Waals surface area contributed by atoms with Crippen molar-refractivity contribution in [3.05, 3.63) is 71.3 Å². The fourth-order valence-electron chi connectivity index (χ4n) is 3.42. The molecule has 2 N–H and O–H groups in total. The minimum Gasteiger partial charge on any atom is -0.349 e. The Morgan fingerprint density at radius 2 is 2.00 bits per heavy atom. The molecule has 0 bridgehead atoms. The summed E-state index contributed by atoms with van der Waals surface area (Å²) in [4.78, 5) is 24.8. The van der Waals surface area contributed by atoms with E-state index in [1.54, 1.807) is 21.8 Å².